The molecule has 112 valence electrons. The second-order valence-corrected chi connectivity index (χ2v) is 5.52. The highest BCUT2D eigenvalue weighted by Crippen LogP contribution is 2.43. The number of aromatic nitrogens is 2. The molecule has 3 atom stereocenters. The van der Waals surface area contributed by atoms with Gasteiger partial charge in [-0.1, -0.05) is 6.42 Å². The van der Waals surface area contributed by atoms with Gasteiger partial charge in [-0.2, -0.15) is 0 Å². The number of ether oxygens (including phenoxy) is 1. The van der Waals surface area contributed by atoms with Crippen molar-refractivity contribution < 1.29 is 19.4 Å². The normalized spacial score (nSPS) is 27.5. The zero-order valence-electron chi connectivity index (χ0n) is 11.7. The van der Waals surface area contributed by atoms with Gasteiger partial charge in [0.15, 0.2) is 0 Å². The molecule has 21 heavy (non-hydrogen) atoms. The highest BCUT2D eigenvalue weighted by Gasteiger charge is 2.48. The van der Waals surface area contributed by atoms with Crippen LogP contribution in [0.4, 0.5) is 5.82 Å². The Kier molecular flexibility index (Phi) is 3.48. The first-order valence-corrected chi connectivity index (χ1v) is 7.02. The van der Waals surface area contributed by atoms with E-state index in [2.05, 4.69) is 14.7 Å². The number of carbonyl (C=O) groups is 2. The standard InChI is InChI=1S/C14H17N3O4/c1-21-14(20)12-15-6-5-10(16-12)17-7-8-3-2-4-9(8)11(17)13(18)19/h5-6,8-9,11H,2-4,7H2,1H3,(H,18,19). The molecule has 0 spiro atoms. The first kappa shape index (κ1) is 13.8. The summed E-state index contributed by atoms with van der Waals surface area (Å²) in [7, 11) is 1.26. The molecule has 2 heterocycles. The van der Waals surface area contributed by atoms with Crippen LogP contribution in [0.2, 0.25) is 0 Å². The Balaban J connectivity index is 1.92. The largest absolute Gasteiger partial charge is 0.480 e. The lowest BCUT2D eigenvalue weighted by Gasteiger charge is -2.25. The van der Waals surface area contributed by atoms with Crippen molar-refractivity contribution in [2.75, 3.05) is 18.6 Å². The SMILES string of the molecule is COC(=O)c1nccc(N2CC3CCCC3C2C(=O)O)n1. The fraction of sp³-hybridized carbons (Fsp3) is 0.571. The molecule has 1 N–H and O–H groups in total. The number of aliphatic carboxylic acids is 1. The number of nitrogens with zero attached hydrogens (tertiary/aromatic N) is 3. The lowest BCUT2D eigenvalue weighted by molar-refractivity contribution is -0.139. The van der Waals surface area contributed by atoms with Crippen molar-refractivity contribution in [3.05, 3.63) is 18.1 Å². The third-order valence-electron chi connectivity index (χ3n) is 4.45. The minimum Gasteiger partial charge on any atom is -0.480 e. The maximum Gasteiger partial charge on any atom is 0.376 e. The zero-order valence-corrected chi connectivity index (χ0v) is 11.7. The maximum atomic E-state index is 11.6. The van der Waals surface area contributed by atoms with Crippen LogP contribution in [0.5, 0.6) is 0 Å². The smallest absolute Gasteiger partial charge is 0.376 e. The molecule has 1 aromatic heterocycles. The summed E-state index contributed by atoms with van der Waals surface area (Å²) < 4.78 is 4.60. The summed E-state index contributed by atoms with van der Waals surface area (Å²) in [6.45, 7) is 0.666. The van der Waals surface area contributed by atoms with E-state index in [0.717, 1.165) is 19.3 Å². The fourth-order valence-corrected chi connectivity index (χ4v) is 3.56. The second-order valence-electron chi connectivity index (χ2n) is 5.52. The molecule has 3 unspecified atom stereocenters. The van der Waals surface area contributed by atoms with Crippen LogP contribution in [-0.4, -0.2) is 46.7 Å². The topological polar surface area (TPSA) is 92.6 Å². The zero-order chi connectivity index (χ0) is 15.0. The summed E-state index contributed by atoms with van der Waals surface area (Å²) in [4.78, 5) is 32.9. The number of hydrogen-bond donors (Lipinski definition) is 1. The van der Waals surface area contributed by atoms with Gasteiger partial charge >= 0.3 is 11.9 Å². The predicted octanol–water partition coefficient (Wildman–Crippen LogP) is 0.953. The van der Waals surface area contributed by atoms with Gasteiger partial charge in [-0.15, -0.1) is 0 Å². The molecule has 1 aliphatic carbocycles. The molecule has 7 heteroatoms. The molecule has 1 saturated heterocycles. The van der Waals surface area contributed by atoms with Crippen molar-refractivity contribution in [2.45, 2.75) is 25.3 Å². The van der Waals surface area contributed by atoms with Gasteiger partial charge in [0.05, 0.1) is 7.11 Å². The van der Waals surface area contributed by atoms with Gasteiger partial charge in [-0.05, 0) is 30.7 Å². The van der Waals surface area contributed by atoms with Gasteiger partial charge in [-0.25, -0.2) is 19.6 Å². The summed E-state index contributed by atoms with van der Waals surface area (Å²) in [6, 6.07) is 1.07. The van der Waals surface area contributed by atoms with Crippen LogP contribution in [0.15, 0.2) is 12.3 Å². The Morgan fingerprint density at radius 1 is 1.43 bits per heavy atom. The summed E-state index contributed by atoms with van der Waals surface area (Å²) in [5.74, 6) is -0.462. The number of carboxylic acids is 1. The molecule has 2 aliphatic rings. The molecule has 1 aromatic rings. The van der Waals surface area contributed by atoms with E-state index in [1.807, 2.05) is 0 Å². The summed E-state index contributed by atoms with van der Waals surface area (Å²) in [6.07, 6.45) is 4.54. The van der Waals surface area contributed by atoms with Crippen LogP contribution in [0.3, 0.4) is 0 Å². The van der Waals surface area contributed by atoms with Crippen LogP contribution in [0.25, 0.3) is 0 Å². The Hall–Kier alpha value is -2.18. The van der Waals surface area contributed by atoms with E-state index in [-0.39, 0.29) is 11.7 Å². The Morgan fingerprint density at radius 2 is 2.24 bits per heavy atom. The highest BCUT2D eigenvalue weighted by atomic mass is 16.5. The number of esters is 1. The van der Waals surface area contributed by atoms with E-state index in [0.29, 0.717) is 18.3 Å². The quantitative estimate of drug-likeness (QED) is 0.829. The average Bonchev–Trinajstić information content (AvgIpc) is 3.06. The number of hydrogen-bond acceptors (Lipinski definition) is 6. The third-order valence-corrected chi connectivity index (χ3v) is 4.45. The Labute approximate surface area is 121 Å². The molecule has 3 rings (SSSR count). The number of fused-ring (bicyclic) bond motifs is 1. The number of carboxylic acid groups (broad SMARTS) is 1. The molecule has 0 aromatic carbocycles. The molecule has 1 aliphatic heterocycles. The van der Waals surface area contributed by atoms with Crippen LogP contribution < -0.4 is 4.90 Å². The molecule has 2 fully saturated rings. The van der Waals surface area contributed by atoms with Crippen molar-refractivity contribution in [3.8, 4) is 0 Å². The third kappa shape index (κ3) is 2.32. The number of anilines is 1. The van der Waals surface area contributed by atoms with Gasteiger partial charge in [0.25, 0.3) is 0 Å². The monoisotopic (exact) mass is 291 g/mol. The van der Waals surface area contributed by atoms with Crippen LogP contribution >= 0.6 is 0 Å². The maximum absolute atomic E-state index is 11.6. The van der Waals surface area contributed by atoms with Crippen LogP contribution in [-0.2, 0) is 9.53 Å². The van der Waals surface area contributed by atoms with Crippen molar-refractivity contribution in [3.63, 3.8) is 0 Å². The Bertz CT molecular complexity index is 577. The molecular weight excluding hydrogens is 274 g/mol. The first-order valence-electron chi connectivity index (χ1n) is 7.02. The summed E-state index contributed by atoms with van der Waals surface area (Å²) in [5, 5.41) is 9.54. The lowest BCUT2D eigenvalue weighted by atomic mass is 9.94. The average molecular weight is 291 g/mol. The summed E-state index contributed by atoms with van der Waals surface area (Å²) >= 11 is 0. The van der Waals surface area contributed by atoms with E-state index in [1.165, 1.54) is 13.3 Å². The van der Waals surface area contributed by atoms with Crippen molar-refractivity contribution in [2.24, 2.45) is 11.8 Å². The van der Waals surface area contributed by atoms with Crippen molar-refractivity contribution in [1.29, 1.82) is 0 Å². The van der Waals surface area contributed by atoms with Gasteiger partial charge in [0, 0.05) is 12.7 Å². The minimum absolute atomic E-state index is 0.0452. The van der Waals surface area contributed by atoms with Crippen molar-refractivity contribution >= 4 is 17.8 Å². The lowest BCUT2D eigenvalue weighted by Crippen LogP contribution is -2.40. The van der Waals surface area contributed by atoms with E-state index in [4.69, 9.17) is 0 Å². The molecule has 0 radical (unpaired) electrons. The van der Waals surface area contributed by atoms with Gasteiger partial charge in [0.2, 0.25) is 5.82 Å². The van der Waals surface area contributed by atoms with Crippen LogP contribution in [0, 0.1) is 11.8 Å². The number of rotatable bonds is 3. The number of methoxy groups -OCH3 is 1. The predicted molar refractivity (Wildman–Crippen MR) is 73.0 cm³/mol. The fourth-order valence-electron chi connectivity index (χ4n) is 3.56. The van der Waals surface area contributed by atoms with E-state index >= 15 is 0 Å². The second kappa shape index (κ2) is 5.31. The first-order chi connectivity index (χ1) is 10.1. The number of carbonyl (C=O) groups excluding carboxylic acids is 1. The van der Waals surface area contributed by atoms with E-state index in [1.54, 1.807) is 11.0 Å². The molecule has 0 bridgehead atoms. The molecular formula is C14H17N3O4. The summed E-state index contributed by atoms with van der Waals surface area (Å²) in [5.41, 5.74) is 0. The minimum atomic E-state index is -0.831. The van der Waals surface area contributed by atoms with Crippen molar-refractivity contribution in [1.82, 2.24) is 9.97 Å². The molecule has 7 nitrogen and oxygen atoms in total. The van der Waals surface area contributed by atoms with E-state index < -0.39 is 18.0 Å². The van der Waals surface area contributed by atoms with Gasteiger partial charge in [-0.3, -0.25) is 0 Å². The highest BCUT2D eigenvalue weighted by molar-refractivity contribution is 5.85. The molecule has 1 saturated carbocycles. The van der Waals surface area contributed by atoms with E-state index in [9.17, 15) is 14.7 Å². The van der Waals surface area contributed by atoms with Gasteiger partial charge < -0.3 is 14.7 Å². The van der Waals surface area contributed by atoms with Gasteiger partial charge in [0.1, 0.15) is 11.9 Å². The Morgan fingerprint density at radius 3 is 2.95 bits per heavy atom. The molecule has 0 amide bonds. The van der Waals surface area contributed by atoms with Crippen LogP contribution in [0.1, 0.15) is 29.9 Å².